The molecule has 3 aromatic rings. The molecule has 1 atom stereocenters. The molecule has 5 rings (SSSR count). The van der Waals surface area contributed by atoms with Crippen LogP contribution in [0.4, 0.5) is 5.88 Å². The number of hydrogen-bond acceptors (Lipinski definition) is 5. The minimum absolute atomic E-state index is 0.0939. The lowest BCUT2D eigenvalue weighted by Crippen LogP contribution is -2.38. The van der Waals surface area contributed by atoms with E-state index in [4.69, 9.17) is 9.26 Å². The van der Waals surface area contributed by atoms with E-state index in [0.29, 0.717) is 25.4 Å². The predicted octanol–water partition coefficient (Wildman–Crippen LogP) is 5.46. The summed E-state index contributed by atoms with van der Waals surface area (Å²) in [7, 11) is 0. The monoisotopic (exact) mass is 473 g/mol. The van der Waals surface area contributed by atoms with Gasteiger partial charge in [0, 0.05) is 38.2 Å². The van der Waals surface area contributed by atoms with E-state index in [1.54, 1.807) is 0 Å². The Morgan fingerprint density at radius 2 is 1.89 bits per heavy atom. The topological polar surface area (TPSA) is 58.8 Å². The molecule has 0 saturated carbocycles. The van der Waals surface area contributed by atoms with Crippen molar-refractivity contribution in [2.45, 2.75) is 58.7 Å². The Morgan fingerprint density at radius 1 is 1.11 bits per heavy atom. The van der Waals surface area contributed by atoms with Gasteiger partial charge in [0.2, 0.25) is 11.8 Å². The van der Waals surface area contributed by atoms with Crippen LogP contribution in [0.1, 0.15) is 49.8 Å². The minimum atomic E-state index is 0.0939. The zero-order valence-corrected chi connectivity index (χ0v) is 20.8. The molecule has 0 aliphatic carbocycles. The maximum atomic E-state index is 13.4. The largest absolute Gasteiger partial charge is 0.376 e. The van der Waals surface area contributed by atoms with Crippen molar-refractivity contribution in [1.29, 1.82) is 0 Å². The highest BCUT2D eigenvalue weighted by atomic mass is 16.5. The van der Waals surface area contributed by atoms with Gasteiger partial charge in [0.05, 0.1) is 18.2 Å². The first-order valence-electron chi connectivity index (χ1n) is 12.8. The Morgan fingerprint density at radius 3 is 2.63 bits per heavy atom. The Bertz CT molecular complexity index is 1140. The van der Waals surface area contributed by atoms with Gasteiger partial charge in [0.15, 0.2) is 0 Å². The molecule has 0 unspecified atom stereocenters. The second kappa shape index (κ2) is 10.6. The Hall–Kier alpha value is -3.12. The fraction of sp³-hybridized carbons (Fsp3) is 0.448. The molecule has 35 heavy (non-hydrogen) atoms. The summed E-state index contributed by atoms with van der Waals surface area (Å²) in [4.78, 5) is 17.6. The third-order valence-electron chi connectivity index (χ3n) is 6.97. The second-order valence-corrected chi connectivity index (χ2v) is 10.1. The van der Waals surface area contributed by atoms with Gasteiger partial charge in [-0.1, -0.05) is 73.6 Å². The molecule has 0 radical (unpaired) electrons. The molecule has 2 aromatic carbocycles. The number of nitrogens with zero attached hydrogens (tertiary/aromatic N) is 3. The predicted molar refractivity (Wildman–Crippen MR) is 137 cm³/mol. The molecule has 2 aliphatic heterocycles. The first kappa shape index (κ1) is 23.6. The van der Waals surface area contributed by atoms with Gasteiger partial charge < -0.3 is 19.1 Å². The number of fused-ring (bicyclic) bond motifs is 1. The standard InChI is InChI=1S/C29H35N3O3/c1-21(2)17-27(33)32(19-25-13-8-16-34-25)20-26-28(23-10-4-3-5-11-23)30-35-29(26)31-15-14-22-9-6-7-12-24(22)18-31/h3-7,9-12,21,25H,8,13-20H2,1-2H3/t25-/m0/s1. The van der Waals surface area contributed by atoms with E-state index in [0.717, 1.165) is 61.7 Å². The molecule has 1 saturated heterocycles. The highest BCUT2D eigenvalue weighted by Gasteiger charge is 2.30. The molecule has 0 bridgehead atoms. The van der Waals surface area contributed by atoms with E-state index in [-0.39, 0.29) is 12.0 Å². The summed E-state index contributed by atoms with van der Waals surface area (Å²) >= 11 is 0. The molecule has 184 valence electrons. The fourth-order valence-corrected chi connectivity index (χ4v) is 5.14. The molecule has 6 nitrogen and oxygen atoms in total. The van der Waals surface area contributed by atoms with Crippen molar-refractivity contribution in [3.63, 3.8) is 0 Å². The van der Waals surface area contributed by atoms with Crippen molar-refractivity contribution in [3.05, 3.63) is 71.3 Å². The first-order chi connectivity index (χ1) is 17.1. The number of ether oxygens (including phenoxy) is 1. The maximum Gasteiger partial charge on any atom is 0.233 e. The first-order valence-corrected chi connectivity index (χ1v) is 12.8. The molecular weight excluding hydrogens is 438 g/mol. The summed E-state index contributed by atoms with van der Waals surface area (Å²) in [5.41, 5.74) is 5.50. The Labute approximate surface area is 207 Å². The maximum absolute atomic E-state index is 13.4. The average Bonchev–Trinajstić information content (AvgIpc) is 3.53. The van der Waals surface area contributed by atoms with Gasteiger partial charge in [-0.25, -0.2) is 0 Å². The lowest BCUT2D eigenvalue weighted by molar-refractivity contribution is -0.134. The van der Waals surface area contributed by atoms with Crippen molar-refractivity contribution in [2.75, 3.05) is 24.6 Å². The highest BCUT2D eigenvalue weighted by molar-refractivity contribution is 5.77. The van der Waals surface area contributed by atoms with Gasteiger partial charge in [-0.2, -0.15) is 0 Å². The van der Waals surface area contributed by atoms with Gasteiger partial charge in [0.1, 0.15) is 5.69 Å². The number of aromatic nitrogens is 1. The Balaban J connectivity index is 1.49. The van der Waals surface area contributed by atoms with E-state index in [9.17, 15) is 4.79 Å². The molecular formula is C29H35N3O3. The normalized spacial score (nSPS) is 17.6. The van der Waals surface area contributed by atoms with Crippen LogP contribution in [0.15, 0.2) is 59.1 Å². The summed E-state index contributed by atoms with van der Waals surface area (Å²) < 4.78 is 12.0. The van der Waals surface area contributed by atoms with E-state index in [1.165, 1.54) is 11.1 Å². The summed E-state index contributed by atoms with van der Waals surface area (Å²) in [6.07, 6.45) is 3.62. The van der Waals surface area contributed by atoms with E-state index >= 15 is 0 Å². The third kappa shape index (κ3) is 5.43. The zero-order chi connectivity index (χ0) is 24.2. The van der Waals surface area contributed by atoms with E-state index in [1.807, 2.05) is 23.1 Å². The molecule has 1 fully saturated rings. The molecule has 2 aliphatic rings. The number of rotatable bonds is 8. The molecule has 6 heteroatoms. The smallest absolute Gasteiger partial charge is 0.233 e. The van der Waals surface area contributed by atoms with Crippen LogP contribution in [0.25, 0.3) is 11.3 Å². The van der Waals surface area contributed by atoms with E-state index in [2.05, 4.69) is 60.3 Å². The van der Waals surface area contributed by atoms with Crippen LogP contribution in [-0.2, 0) is 29.0 Å². The number of benzene rings is 2. The third-order valence-corrected chi connectivity index (χ3v) is 6.97. The van der Waals surface area contributed by atoms with Crippen LogP contribution < -0.4 is 4.90 Å². The fourth-order valence-electron chi connectivity index (χ4n) is 5.14. The van der Waals surface area contributed by atoms with Crippen LogP contribution in [0.5, 0.6) is 0 Å². The Kier molecular flexibility index (Phi) is 7.19. The summed E-state index contributed by atoms with van der Waals surface area (Å²) in [5.74, 6) is 1.22. The molecule has 0 spiro atoms. The van der Waals surface area contributed by atoms with E-state index < -0.39 is 0 Å². The van der Waals surface area contributed by atoms with Gasteiger partial charge in [-0.05, 0) is 36.3 Å². The molecule has 1 aromatic heterocycles. The van der Waals surface area contributed by atoms with Crippen LogP contribution in [0.2, 0.25) is 0 Å². The number of carbonyl (C=O) groups excluding carboxylic acids is 1. The molecule has 3 heterocycles. The number of hydrogen-bond donors (Lipinski definition) is 0. The van der Waals surface area contributed by atoms with Gasteiger partial charge in [-0.3, -0.25) is 4.79 Å². The number of carbonyl (C=O) groups is 1. The molecule has 1 amide bonds. The van der Waals surface area contributed by atoms with Crippen molar-refractivity contribution in [3.8, 4) is 11.3 Å². The van der Waals surface area contributed by atoms with Gasteiger partial charge in [0.25, 0.3) is 0 Å². The number of anilines is 1. The van der Waals surface area contributed by atoms with Crippen LogP contribution >= 0.6 is 0 Å². The van der Waals surface area contributed by atoms with Crippen LogP contribution in [-0.4, -0.2) is 41.8 Å². The minimum Gasteiger partial charge on any atom is -0.376 e. The van der Waals surface area contributed by atoms with Crippen molar-refractivity contribution < 1.29 is 14.1 Å². The van der Waals surface area contributed by atoms with Gasteiger partial charge >= 0.3 is 0 Å². The summed E-state index contributed by atoms with van der Waals surface area (Å²) in [6.45, 7) is 7.66. The van der Waals surface area contributed by atoms with Crippen molar-refractivity contribution in [2.24, 2.45) is 5.92 Å². The van der Waals surface area contributed by atoms with Crippen molar-refractivity contribution >= 4 is 11.8 Å². The van der Waals surface area contributed by atoms with Gasteiger partial charge in [-0.15, -0.1) is 0 Å². The average molecular weight is 474 g/mol. The lowest BCUT2D eigenvalue weighted by Gasteiger charge is -2.30. The SMILES string of the molecule is CC(C)CC(=O)N(Cc1c(-c2ccccc2)noc1N1CCc2ccccc2C1)C[C@@H]1CCCO1. The molecule has 0 N–H and O–H groups in total. The van der Waals surface area contributed by atoms with Crippen LogP contribution in [0.3, 0.4) is 0 Å². The quantitative estimate of drug-likeness (QED) is 0.435. The van der Waals surface area contributed by atoms with Crippen LogP contribution in [0, 0.1) is 5.92 Å². The second-order valence-electron chi connectivity index (χ2n) is 10.1. The lowest BCUT2D eigenvalue weighted by atomic mass is 9.99. The van der Waals surface area contributed by atoms with Crippen molar-refractivity contribution in [1.82, 2.24) is 10.1 Å². The zero-order valence-electron chi connectivity index (χ0n) is 20.8. The summed E-state index contributed by atoms with van der Waals surface area (Å²) in [5, 5.41) is 4.54. The highest BCUT2D eigenvalue weighted by Crippen LogP contribution is 2.35. The summed E-state index contributed by atoms with van der Waals surface area (Å²) in [6, 6.07) is 18.7. The number of amides is 1.